The van der Waals surface area contributed by atoms with Gasteiger partial charge in [-0.3, -0.25) is 14.6 Å². The van der Waals surface area contributed by atoms with Crippen LogP contribution in [0.4, 0.5) is 0 Å². The molecule has 1 amide bonds. The summed E-state index contributed by atoms with van der Waals surface area (Å²) in [4.78, 5) is 19.5. The highest BCUT2D eigenvalue weighted by Crippen LogP contribution is 2.72. The van der Waals surface area contributed by atoms with E-state index in [4.69, 9.17) is 0 Å². The van der Waals surface area contributed by atoms with Gasteiger partial charge in [-0.1, -0.05) is 30.3 Å². The van der Waals surface area contributed by atoms with Crippen molar-refractivity contribution in [3.63, 3.8) is 0 Å². The number of benzene rings is 2. The number of carbonyl (C=O) groups excluding carboxylic acids is 1. The molecule has 5 nitrogen and oxygen atoms in total. The van der Waals surface area contributed by atoms with E-state index in [9.17, 15) is 9.90 Å². The van der Waals surface area contributed by atoms with Crippen LogP contribution in [0, 0.1) is 5.41 Å². The molecule has 0 radical (unpaired) electrons. The second-order valence-corrected chi connectivity index (χ2v) is 10.5. The highest BCUT2D eigenvalue weighted by atomic mass is 16.3. The first-order chi connectivity index (χ1) is 16.0. The summed E-state index contributed by atoms with van der Waals surface area (Å²) in [5.41, 5.74) is 3.48. The molecule has 4 aliphatic rings. The fourth-order valence-electron chi connectivity index (χ4n) is 8.02. The van der Waals surface area contributed by atoms with Gasteiger partial charge in [-0.05, 0) is 61.1 Å². The molecule has 4 fully saturated rings. The normalized spacial score (nSPS) is 32.9. The summed E-state index contributed by atoms with van der Waals surface area (Å²) in [5.74, 6) is 0.328. The Labute approximate surface area is 196 Å². The van der Waals surface area contributed by atoms with Crippen LogP contribution in [0.3, 0.4) is 0 Å². The van der Waals surface area contributed by atoms with Crippen molar-refractivity contribution in [3.8, 4) is 5.75 Å². The highest BCUT2D eigenvalue weighted by molar-refractivity contribution is 5.93. The van der Waals surface area contributed by atoms with Crippen LogP contribution in [0.5, 0.6) is 5.75 Å². The molecule has 6 rings (SSSR count). The number of aromatic hydroxyl groups is 1. The number of phenols is 1. The summed E-state index contributed by atoms with van der Waals surface area (Å²) in [5, 5.41) is 10.3. The first-order valence-corrected chi connectivity index (χ1v) is 12.2. The monoisotopic (exact) mass is 443 g/mol. The average Bonchev–Trinajstić information content (AvgIpc) is 3.26. The van der Waals surface area contributed by atoms with Crippen LogP contribution in [-0.4, -0.2) is 70.5 Å². The van der Waals surface area contributed by atoms with Gasteiger partial charge >= 0.3 is 0 Å². The van der Waals surface area contributed by atoms with Crippen LogP contribution in [0.25, 0.3) is 0 Å². The molecular formula is C28H33N3O2. The Morgan fingerprint density at radius 2 is 1.70 bits per heavy atom. The van der Waals surface area contributed by atoms with E-state index in [0.29, 0.717) is 40.9 Å². The molecule has 1 N–H and O–H groups in total. The number of nitrogens with zero attached hydrogens (tertiary/aromatic N) is 3. The predicted molar refractivity (Wildman–Crippen MR) is 129 cm³/mol. The second kappa shape index (κ2) is 7.44. The molecule has 5 unspecified atom stereocenters. The largest absolute Gasteiger partial charge is 0.508 e. The number of hydrogen-bond acceptors (Lipinski definition) is 4. The Morgan fingerprint density at radius 1 is 1.06 bits per heavy atom. The Morgan fingerprint density at radius 3 is 2.27 bits per heavy atom. The van der Waals surface area contributed by atoms with E-state index >= 15 is 0 Å². The number of rotatable bonds is 6. The lowest BCUT2D eigenvalue weighted by Gasteiger charge is -2.72. The molecule has 2 saturated heterocycles. The predicted octanol–water partition coefficient (Wildman–Crippen LogP) is 4.05. The molecule has 2 aliphatic carbocycles. The quantitative estimate of drug-likeness (QED) is 0.685. The molecule has 172 valence electrons. The van der Waals surface area contributed by atoms with E-state index in [1.54, 1.807) is 25.1 Å². The van der Waals surface area contributed by atoms with Gasteiger partial charge in [0, 0.05) is 55.8 Å². The van der Waals surface area contributed by atoms with Gasteiger partial charge in [0.2, 0.25) is 0 Å². The van der Waals surface area contributed by atoms with Gasteiger partial charge in [-0.2, -0.15) is 0 Å². The lowest BCUT2D eigenvalue weighted by Crippen LogP contribution is -2.83. The second-order valence-electron chi connectivity index (χ2n) is 10.5. The maximum absolute atomic E-state index is 12.4. The van der Waals surface area contributed by atoms with Crippen LogP contribution < -0.4 is 0 Å². The van der Waals surface area contributed by atoms with E-state index < -0.39 is 0 Å². The smallest absolute Gasteiger partial charge is 0.253 e. The molecule has 1 spiro atoms. The Bertz CT molecular complexity index is 1070. The Kier molecular flexibility index (Phi) is 4.72. The molecular weight excluding hydrogens is 410 g/mol. The fraction of sp³-hybridized carbons (Fsp3) is 0.464. The molecule has 2 heterocycles. The minimum atomic E-state index is 0.0207. The van der Waals surface area contributed by atoms with Crippen LogP contribution in [0.15, 0.2) is 61.2 Å². The minimum absolute atomic E-state index is 0.0207. The first kappa shape index (κ1) is 20.9. The van der Waals surface area contributed by atoms with Crippen molar-refractivity contribution in [2.45, 2.75) is 55.9 Å². The third-order valence-electron chi connectivity index (χ3n) is 8.96. The van der Waals surface area contributed by atoms with Crippen LogP contribution in [0.2, 0.25) is 0 Å². The standard InChI is InChI=1S/C28H33N3O2/c1-4-16-30-22-12-14-24-28(22)23(30)13-15-25(28)31(24)26(20-6-5-7-21(32)17-20)18-8-10-19(11-9-18)27(33)29(2)3/h4-11,17,22-26,32H,1,12-16H2,2-3H3. The maximum Gasteiger partial charge on any atom is 0.253 e. The van der Waals surface area contributed by atoms with Crippen LogP contribution in [-0.2, 0) is 0 Å². The molecule has 5 atom stereocenters. The van der Waals surface area contributed by atoms with E-state index in [0.717, 1.165) is 12.1 Å². The third-order valence-corrected chi connectivity index (χ3v) is 8.96. The topological polar surface area (TPSA) is 47.0 Å². The number of carbonyl (C=O) groups is 1. The summed E-state index contributed by atoms with van der Waals surface area (Å²) in [7, 11) is 3.57. The van der Waals surface area contributed by atoms with E-state index in [2.05, 4.69) is 40.7 Å². The highest BCUT2D eigenvalue weighted by Gasteiger charge is 2.80. The molecule has 0 bridgehead atoms. The van der Waals surface area contributed by atoms with Gasteiger partial charge < -0.3 is 10.0 Å². The van der Waals surface area contributed by atoms with Crippen molar-refractivity contribution in [1.29, 1.82) is 0 Å². The van der Waals surface area contributed by atoms with E-state index in [1.165, 1.54) is 31.2 Å². The molecule has 2 saturated carbocycles. The van der Waals surface area contributed by atoms with Crippen molar-refractivity contribution < 1.29 is 9.90 Å². The number of hydrogen-bond donors (Lipinski definition) is 1. The number of amides is 1. The summed E-state index contributed by atoms with van der Waals surface area (Å²) in [6, 6.07) is 18.5. The number of likely N-dealkylation sites (tertiary alicyclic amines) is 2. The SMILES string of the molecule is C=CCN1C2CCC3N(C(c4ccc(C(=O)N(C)C)cc4)c4cccc(O)c4)C4CCC1C234. The van der Waals surface area contributed by atoms with Crippen molar-refractivity contribution in [3.05, 3.63) is 77.9 Å². The summed E-state index contributed by atoms with van der Waals surface area (Å²) in [6.07, 6.45) is 7.07. The lowest BCUT2D eigenvalue weighted by molar-refractivity contribution is -0.235. The summed E-state index contributed by atoms with van der Waals surface area (Å²) >= 11 is 0. The zero-order valence-electron chi connectivity index (χ0n) is 19.5. The van der Waals surface area contributed by atoms with Gasteiger partial charge in [0.1, 0.15) is 5.75 Å². The van der Waals surface area contributed by atoms with E-state index in [1.807, 2.05) is 24.3 Å². The lowest BCUT2D eigenvalue weighted by atomic mass is 9.56. The first-order valence-electron chi connectivity index (χ1n) is 12.2. The Hall–Kier alpha value is -2.63. The van der Waals surface area contributed by atoms with E-state index in [-0.39, 0.29) is 11.9 Å². The summed E-state index contributed by atoms with van der Waals surface area (Å²) < 4.78 is 0. The zero-order valence-corrected chi connectivity index (χ0v) is 19.5. The van der Waals surface area contributed by atoms with Gasteiger partial charge in [0.25, 0.3) is 5.91 Å². The summed E-state index contributed by atoms with van der Waals surface area (Å²) in [6.45, 7) is 5.00. The van der Waals surface area contributed by atoms with Gasteiger partial charge in [-0.25, -0.2) is 0 Å². The van der Waals surface area contributed by atoms with Gasteiger partial charge in [-0.15, -0.1) is 6.58 Å². The van der Waals surface area contributed by atoms with Crippen LogP contribution in [0.1, 0.15) is 53.2 Å². The van der Waals surface area contributed by atoms with Crippen molar-refractivity contribution in [1.82, 2.24) is 14.7 Å². The minimum Gasteiger partial charge on any atom is -0.508 e. The van der Waals surface area contributed by atoms with Gasteiger partial charge in [0.15, 0.2) is 0 Å². The Balaban J connectivity index is 1.37. The van der Waals surface area contributed by atoms with Crippen molar-refractivity contribution >= 4 is 5.91 Å². The number of phenolic OH excluding ortho intramolecular Hbond substituents is 1. The molecule has 2 aliphatic heterocycles. The fourth-order valence-corrected chi connectivity index (χ4v) is 8.02. The molecule has 5 heteroatoms. The molecule has 33 heavy (non-hydrogen) atoms. The van der Waals surface area contributed by atoms with Crippen LogP contribution >= 0.6 is 0 Å². The molecule has 2 aromatic rings. The van der Waals surface area contributed by atoms with Gasteiger partial charge in [0.05, 0.1) is 6.04 Å². The maximum atomic E-state index is 12.4. The zero-order chi connectivity index (χ0) is 22.9. The third kappa shape index (κ3) is 2.69. The molecule has 2 aromatic carbocycles. The van der Waals surface area contributed by atoms with Crippen molar-refractivity contribution in [2.75, 3.05) is 20.6 Å². The van der Waals surface area contributed by atoms with Crippen molar-refractivity contribution in [2.24, 2.45) is 5.41 Å². The molecule has 0 aromatic heterocycles. The average molecular weight is 444 g/mol.